The first-order chi connectivity index (χ1) is 9.36. The average Bonchev–Trinajstić information content (AvgIpc) is 2.35. The van der Waals surface area contributed by atoms with Crippen molar-refractivity contribution < 1.29 is 14.5 Å². The van der Waals surface area contributed by atoms with Gasteiger partial charge in [-0.15, -0.1) is 0 Å². The van der Waals surface area contributed by atoms with Crippen LogP contribution in [0.4, 0.5) is 5.82 Å². The summed E-state index contributed by atoms with van der Waals surface area (Å²) in [5.74, 6) is -1.23. The number of aromatic nitrogens is 1. The smallest absolute Gasteiger partial charge is 0.358 e. The van der Waals surface area contributed by atoms with E-state index in [0.717, 1.165) is 6.42 Å². The number of amides is 2. The van der Waals surface area contributed by atoms with E-state index in [1.807, 2.05) is 6.92 Å². The molecule has 0 aliphatic heterocycles. The highest BCUT2D eigenvalue weighted by Gasteiger charge is 2.22. The molecule has 0 bridgehead atoms. The standard InChI is InChI=1S/C13H17N3O4/c1-4-5-6-11(17)15-13(18)12-8(2)7-10(16(19)20)14-9(12)3/h7H,4-6H2,1-3H3,(H,15,17,18). The number of hydrogen-bond donors (Lipinski definition) is 1. The summed E-state index contributed by atoms with van der Waals surface area (Å²) in [4.78, 5) is 37.3. The molecule has 0 saturated carbocycles. The lowest BCUT2D eigenvalue weighted by molar-refractivity contribution is -0.389. The second-order valence-electron chi connectivity index (χ2n) is 4.50. The van der Waals surface area contributed by atoms with Crippen molar-refractivity contribution in [2.75, 3.05) is 0 Å². The van der Waals surface area contributed by atoms with Gasteiger partial charge in [0.05, 0.1) is 5.56 Å². The second-order valence-corrected chi connectivity index (χ2v) is 4.50. The Bertz CT molecular complexity index is 532. The van der Waals surface area contributed by atoms with Crippen LogP contribution in [0.5, 0.6) is 0 Å². The molecule has 0 atom stereocenters. The largest absolute Gasteiger partial charge is 0.363 e. The average molecular weight is 279 g/mol. The zero-order chi connectivity index (χ0) is 15.3. The van der Waals surface area contributed by atoms with Gasteiger partial charge in [0.25, 0.3) is 5.91 Å². The minimum atomic E-state index is -0.617. The number of carbonyl (C=O) groups is 2. The summed E-state index contributed by atoms with van der Waals surface area (Å²) in [5, 5.41) is 12.9. The number of nitrogens with one attached hydrogen (secondary N) is 1. The van der Waals surface area contributed by atoms with Gasteiger partial charge in [0.1, 0.15) is 0 Å². The van der Waals surface area contributed by atoms with Gasteiger partial charge in [0, 0.05) is 19.4 Å². The topological polar surface area (TPSA) is 102 Å². The van der Waals surface area contributed by atoms with E-state index in [9.17, 15) is 19.7 Å². The van der Waals surface area contributed by atoms with Crippen LogP contribution in [0.25, 0.3) is 0 Å². The van der Waals surface area contributed by atoms with Crippen LogP contribution in [0.3, 0.4) is 0 Å². The fourth-order valence-corrected chi connectivity index (χ4v) is 1.84. The van der Waals surface area contributed by atoms with Gasteiger partial charge in [-0.05, 0) is 28.8 Å². The predicted molar refractivity (Wildman–Crippen MR) is 72.4 cm³/mol. The second kappa shape index (κ2) is 6.74. The van der Waals surface area contributed by atoms with E-state index < -0.39 is 10.8 Å². The molecule has 0 unspecified atom stereocenters. The van der Waals surface area contributed by atoms with Crippen LogP contribution in [-0.4, -0.2) is 21.7 Å². The van der Waals surface area contributed by atoms with Crippen molar-refractivity contribution in [2.45, 2.75) is 40.0 Å². The molecule has 20 heavy (non-hydrogen) atoms. The molecule has 7 nitrogen and oxygen atoms in total. The van der Waals surface area contributed by atoms with Crippen molar-refractivity contribution in [1.82, 2.24) is 10.3 Å². The molecule has 1 heterocycles. The zero-order valence-corrected chi connectivity index (χ0v) is 11.7. The molecule has 1 aromatic rings. The predicted octanol–water partition coefficient (Wildman–Crippen LogP) is 2.05. The zero-order valence-electron chi connectivity index (χ0n) is 11.7. The lowest BCUT2D eigenvalue weighted by Crippen LogP contribution is -2.31. The van der Waals surface area contributed by atoms with Gasteiger partial charge in [-0.25, -0.2) is 0 Å². The Morgan fingerprint density at radius 1 is 1.40 bits per heavy atom. The summed E-state index contributed by atoms with van der Waals surface area (Å²) in [6, 6.07) is 1.22. The summed E-state index contributed by atoms with van der Waals surface area (Å²) in [5.41, 5.74) is 0.864. The Balaban J connectivity index is 2.94. The minimum Gasteiger partial charge on any atom is -0.358 e. The number of pyridine rings is 1. The quantitative estimate of drug-likeness (QED) is 0.656. The molecule has 0 aliphatic rings. The molecule has 0 spiro atoms. The van der Waals surface area contributed by atoms with E-state index in [2.05, 4.69) is 10.3 Å². The molecule has 0 saturated heterocycles. The van der Waals surface area contributed by atoms with E-state index >= 15 is 0 Å². The van der Waals surface area contributed by atoms with E-state index in [0.29, 0.717) is 12.0 Å². The van der Waals surface area contributed by atoms with E-state index in [1.54, 1.807) is 6.92 Å². The molecule has 1 aromatic heterocycles. The Morgan fingerprint density at radius 2 is 2.05 bits per heavy atom. The van der Waals surface area contributed by atoms with Gasteiger partial charge >= 0.3 is 5.82 Å². The van der Waals surface area contributed by atoms with Crippen LogP contribution in [0.2, 0.25) is 0 Å². The van der Waals surface area contributed by atoms with Crippen LogP contribution >= 0.6 is 0 Å². The maximum atomic E-state index is 12.0. The van der Waals surface area contributed by atoms with Crippen molar-refractivity contribution in [3.63, 3.8) is 0 Å². The van der Waals surface area contributed by atoms with Gasteiger partial charge in [-0.2, -0.15) is 0 Å². The normalized spacial score (nSPS) is 10.2. The SMILES string of the molecule is CCCCC(=O)NC(=O)c1c(C)cc([N+](=O)[O-])nc1C. The fourth-order valence-electron chi connectivity index (χ4n) is 1.84. The molecule has 108 valence electrons. The van der Waals surface area contributed by atoms with Gasteiger partial charge in [0.15, 0.2) is 5.69 Å². The highest BCUT2D eigenvalue weighted by atomic mass is 16.6. The van der Waals surface area contributed by atoms with Crippen LogP contribution in [0, 0.1) is 24.0 Å². The van der Waals surface area contributed by atoms with Crippen molar-refractivity contribution in [3.05, 3.63) is 33.0 Å². The highest BCUT2D eigenvalue weighted by Crippen LogP contribution is 2.17. The number of hydrogen-bond acceptors (Lipinski definition) is 5. The number of nitrogens with zero attached hydrogens (tertiary/aromatic N) is 2. The van der Waals surface area contributed by atoms with Crippen LogP contribution < -0.4 is 5.32 Å². The molecule has 2 amide bonds. The van der Waals surface area contributed by atoms with Crippen molar-refractivity contribution in [2.24, 2.45) is 0 Å². The Hall–Kier alpha value is -2.31. The number of rotatable bonds is 5. The first-order valence-corrected chi connectivity index (χ1v) is 6.33. The molecule has 0 aliphatic carbocycles. The summed E-state index contributed by atoms with van der Waals surface area (Å²) >= 11 is 0. The van der Waals surface area contributed by atoms with E-state index in [1.165, 1.54) is 13.0 Å². The molecule has 7 heteroatoms. The van der Waals surface area contributed by atoms with E-state index in [-0.39, 0.29) is 29.4 Å². The molecule has 1 rings (SSSR count). The summed E-state index contributed by atoms with van der Waals surface area (Å²) in [6.07, 6.45) is 1.84. The summed E-state index contributed by atoms with van der Waals surface area (Å²) in [7, 11) is 0. The Labute approximate surface area is 116 Å². The number of carbonyl (C=O) groups excluding carboxylic acids is 2. The van der Waals surface area contributed by atoms with Crippen LogP contribution in [-0.2, 0) is 4.79 Å². The van der Waals surface area contributed by atoms with Gasteiger partial charge < -0.3 is 10.1 Å². The van der Waals surface area contributed by atoms with E-state index in [4.69, 9.17) is 0 Å². The summed E-state index contributed by atoms with van der Waals surface area (Å²) in [6.45, 7) is 5.03. The third kappa shape index (κ3) is 3.84. The van der Waals surface area contributed by atoms with Crippen molar-refractivity contribution >= 4 is 17.6 Å². The summed E-state index contributed by atoms with van der Waals surface area (Å²) < 4.78 is 0. The number of aryl methyl sites for hydroxylation is 2. The molecular weight excluding hydrogens is 262 g/mol. The van der Waals surface area contributed by atoms with Gasteiger partial charge in [-0.3, -0.25) is 14.9 Å². The van der Waals surface area contributed by atoms with Crippen LogP contribution in [0.15, 0.2) is 6.07 Å². The van der Waals surface area contributed by atoms with Gasteiger partial charge in [0.2, 0.25) is 5.91 Å². The molecule has 0 aromatic carbocycles. The first kappa shape index (κ1) is 15.7. The highest BCUT2D eigenvalue weighted by molar-refractivity contribution is 6.06. The third-order valence-electron chi connectivity index (χ3n) is 2.81. The van der Waals surface area contributed by atoms with Crippen LogP contribution in [0.1, 0.15) is 47.8 Å². The van der Waals surface area contributed by atoms with Gasteiger partial charge in [-0.1, -0.05) is 13.3 Å². The maximum Gasteiger partial charge on any atom is 0.363 e. The molecule has 1 N–H and O–H groups in total. The number of unbranched alkanes of at least 4 members (excludes halogenated alkanes) is 1. The van der Waals surface area contributed by atoms with Crippen molar-refractivity contribution in [3.8, 4) is 0 Å². The van der Waals surface area contributed by atoms with Crippen molar-refractivity contribution in [1.29, 1.82) is 0 Å². The minimum absolute atomic E-state index is 0.209. The number of imide groups is 1. The fraction of sp³-hybridized carbons (Fsp3) is 0.462. The molecular formula is C13H17N3O4. The first-order valence-electron chi connectivity index (χ1n) is 6.33. The lowest BCUT2D eigenvalue weighted by Gasteiger charge is -2.07. The monoisotopic (exact) mass is 279 g/mol. The maximum absolute atomic E-state index is 12.0. The molecule has 0 fully saturated rings. The Kier molecular flexibility index (Phi) is 5.31. The molecule has 0 radical (unpaired) electrons. The third-order valence-corrected chi connectivity index (χ3v) is 2.81. The number of nitro groups is 1. The Morgan fingerprint density at radius 3 is 2.55 bits per heavy atom. The lowest BCUT2D eigenvalue weighted by atomic mass is 10.1.